The largest absolute Gasteiger partial charge is 0.352 e. The van der Waals surface area contributed by atoms with Gasteiger partial charge >= 0.3 is 0 Å². The van der Waals surface area contributed by atoms with Gasteiger partial charge in [0.25, 0.3) is 0 Å². The SMILES string of the molecule is CN=C(NCc1cccc(CN(C)C)c1)NCc1ccc(C)cc1C. The van der Waals surface area contributed by atoms with Crippen molar-refractivity contribution in [2.24, 2.45) is 4.99 Å². The van der Waals surface area contributed by atoms with Crippen molar-refractivity contribution in [1.82, 2.24) is 15.5 Å². The average Bonchev–Trinajstić information content (AvgIpc) is 2.56. The van der Waals surface area contributed by atoms with Gasteiger partial charge in [0.15, 0.2) is 5.96 Å². The van der Waals surface area contributed by atoms with E-state index in [2.05, 4.69) is 90.9 Å². The summed E-state index contributed by atoms with van der Waals surface area (Å²) in [4.78, 5) is 6.50. The van der Waals surface area contributed by atoms with E-state index in [4.69, 9.17) is 0 Å². The van der Waals surface area contributed by atoms with Gasteiger partial charge in [-0.25, -0.2) is 0 Å². The molecule has 0 saturated carbocycles. The minimum Gasteiger partial charge on any atom is -0.352 e. The van der Waals surface area contributed by atoms with E-state index < -0.39 is 0 Å². The Balaban J connectivity index is 1.90. The number of rotatable bonds is 6. The molecular weight excluding hydrogens is 308 g/mol. The molecule has 0 saturated heterocycles. The van der Waals surface area contributed by atoms with Crippen LogP contribution in [-0.2, 0) is 19.6 Å². The standard InChI is InChI=1S/C21H30N4/c1-16-9-10-20(17(2)11-16)14-24-21(22-3)23-13-18-7-6-8-19(12-18)15-25(4)5/h6-12H,13-15H2,1-5H3,(H2,22,23,24). The van der Waals surface area contributed by atoms with Gasteiger partial charge in [0, 0.05) is 26.7 Å². The summed E-state index contributed by atoms with van der Waals surface area (Å²) < 4.78 is 0. The third kappa shape index (κ3) is 6.24. The Morgan fingerprint density at radius 2 is 1.68 bits per heavy atom. The molecule has 0 radical (unpaired) electrons. The van der Waals surface area contributed by atoms with E-state index in [0.717, 1.165) is 25.6 Å². The minimum absolute atomic E-state index is 0.758. The van der Waals surface area contributed by atoms with Crippen LogP contribution in [0.25, 0.3) is 0 Å². The molecule has 0 bridgehead atoms. The van der Waals surface area contributed by atoms with E-state index in [1.165, 1.54) is 27.8 Å². The molecule has 0 atom stereocenters. The molecule has 0 aliphatic carbocycles. The van der Waals surface area contributed by atoms with Crippen molar-refractivity contribution in [2.45, 2.75) is 33.5 Å². The molecule has 0 spiro atoms. The van der Waals surface area contributed by atoms with Crippen molar-refractivity contribution in [2.75, 3.05) is 21.1 Å². The topological polar surface area (TPSA) is 39.7 Å². The summed E-state index contributed by atoms with van der Waals surface area (Å²) in [5, 5.41) is 6.79. The second-order valence-corrected chi connectivity index (χ2v) is 6.77. The van der Waals surface area contributed by atoms with Crippen LogP contribution in [0.2, 0.25) is 0 Å². The van der Waals surface area contributed by atoms with E-state index in [-0.39, 0.29) is 0 Å². The first-order valence-corrected chi connectivity index (χ1v) is 8.71. The normalized spacial score (nSPS) is 11.7. The third-order valence-corrected chi connectivity index (χ3v) is 4.12. The Bertz CT molecular complexity index is 720. The van der Waals surface area contributed by atoms with Gasteiger partial charge in [0.2, 0.25) is 0 Å². The lowest BCUT2D eigenvalue weighted by Crippen LogP contribution is -2.36. The highest BCUT2D eigenvalue weighted by Crippen LogP contribution is 2.10. The fourth-order valence-electron chi connectivity index (χ4n) is 2.83. The van der Waals surface area contributed by atoms with Crippen LogP contribution in [0.3, 0.4) is 0 Å². The third-order valence-electron chi connectivity index (χ3n) is 4.12. The molecular formula is C21H30N4. The van der Waals surface area contributed by atoms with Crippen LogP contribution < -0.4 is 10.6 Å². The summed E-state index contributed by atoms with van der Waals surface area (Å²) in [5.74, 6) is 0.818. The zero-order chi connectivity index (χ0) is 18.2. The van der Waals surface area contributed by atoms with Crippen LogP contribution in [0.1, 0.15) is 27.8 Å². The number of aryl methyl sites for hydroxylation is 2. The zero-order valence-corrected chi connectivity index (χ0v) is 16.1. The fraction of sp³-hybridized carbons (Fsp3) is 0.381. The monoisotopic (exact) mass is 338 g/mol. The van der Waals surface area contributed by atoms with Crippen LogP contribution >= 0.6 is 0 Å². The molecule has 0 amide bonds. The Morgan fingerprint density at radius 1 is 0.960 bits per heavy atom. The molecule has 0 heterocycles. The van der Waals surface area contributed by atoms with Gasteiger partial charge in [0.1, 0.15) is 0 Å². The van der Waals surface area contributed by atoms with Crippen molar-refractivity contribution in [3.8, 4) is 0 Å². The van der Waals surface area contributed by atoms with E-state index in [0.29, 0.717) is 0 Å². The molecule has 0 unspecified atom stereocenters. The number of hydrogen-bond acceptors (Lipinski definition) is 2. The Labute approximate surface area is 152 Å². The summed E-state index contributed by atoms with van der Waals surface area (Å²) in [6.07, 6.45) is 0. The van der Waals surface area contributed by atoms with Gasteiger partial charge in [-0.2, -0.15) is 0 Å². The molecule has 0 fully saturated rings. The molecule has 0 aromatic heterocycles. The predicted molar refractivity (Wildman–Crippen MR) is 107 cm³/mol. The van der Waals surface area contributed by atoms with Gasteiger partial charge in [-0.3, -0.25) is 4.99 Å². The second kappa shape index (κ2) is 9.23. The Hall–Kier alpha value is -2.33. The fourth-order valence-corrected chi connectivity index (χ4v) is 2.83. The van der Waals surface area contributed by atoms with Gasteiger partial charge < -0.3 is 15.5 Å². The predicted octanol–water partition coefficient (Wildman–Crippen LogP) is 3.23. The number of benzene rings is 2. The van der Waals surface area contributed by atoms with Gasteiger partial charge in [-0.1, -0.05) is 48.0 Å². The molecule has 2 aromatic carbocycles. The van der Waals surface area contributed by atoms with Crippen LogP contribution in [-0.4, -0.2) is 32.0 Å². The first-order chi connectivity index (χ1) is 12.0. The minimum atomic E-state index is 0.758. The number of aliphatic imine (C=N–C) groups is 1. The first-order valence-electron chi connectivity index (χ1n) is 8.71. The lowest BCUT2D eigenvalue weighted by Gasteiger charge is -2.15. The van der Waals surface area contributed by atoms with E-state index in [9.17, 15) is 0 Å². The van der Waals surface area contributed by atoms with Crippen LogP contribution in [0.4, 0.5) is 0 Å². The van der Waals surface area contributed by atoms with Gasteiger partial charge in [-0.05, 0) is 50.2 Å². The zero-order valence-electron chi connectivity index (χ0n) is 16.1. The van der Waals surface area contributed by atoms with E-state index in [1.807, 2.05) is 0 Å². The molecule has 2 N–H and O–H groups in total. The number of hydrogen-bond donors (Lipinski definition) is 2. The molecule has 2 aromatic rings. The second-order valence-electron chi connectivity index (χ2n) is 6.77. The molecule has 134 valence electrons. The summed E-state index contributed by atoms with van der Waals surface area (Å²) in [5.41, 5.74) is 6.47. The van der Waals surface area contributed by atoms with E-state index in [1.54, 1.807) is 7.05 Å². The Morgan fingerprint density at radius 3 is 2.36 bits per heavy atom. The van der Waals surface area contributed by atoms with Gasteiger partial charge in [0.05, 0.1) is 0 Å². The summed E-state index contributed by atoms with van der Waals surface area (Å²) in [6.45, 7) is 6.75. The van der Waals surface area contributed by atoms with Crippen molar-refractivity contribution < 1.29 is 0 Å². The number of nitrogens with zero attached hydrogens (tertiary/aromatic N) is 2. The molecule has 4 heteroatoms. The van der Waals surface area contributed by atoms with Crippen LogP contribution in [0, 0.1) is 13.8 Å². The lowest BCUT2D eigenvalue weighted by molar-refractivity contribution is 0.402. The average molecular weight is 338 g/mol. The molecule has 0 aliphatic heterocycles. The van der Waals surface area contributed by atoms with Gasteiger partial charge in [-0.15, -0.1) is 0 Å². The van der Waals surface area contributed by atoms with Crippen molar-refractivity contribution >= 4 is 5.96 Å². The highest BCUT2D eigenvalue weighted by atomic mass is 15.2. The number of guanidine groups is 1. The van der Waals surface area contributed by atoms with Crippen LogP contribution in [0.5, 0.6) is 0 Å². The van der Waals surface area contributed by atoms with E-state index >= 15 is 0 Å². The van der Waals surface area contributed by atoms with Crippen molar-refractivity contribution in [1.29, 1.82) is 0 Å². The molecule has 0 aliphatic rings. The lowest BCUT2D eigenvalue weighted by atomic mass is 10.1. The highest BCUT2D eigenvalue weighted by molar-refractivity contribution is 5.79. The summed E-state index contributed by atoms with van der Waals surface area (Å²) in [7, 11) is 5.98. The molecule has 4 nitrogen and oxygen atoms in total. The maximum Gasteiger partial charge on any atom is 0.191 e. The maximum absolute atomic E-state index is 4.32. The molecule has 2 rings (SSSR count). The first kappa shape index (κ1) is 19.0. The molecule has 25 heavy (non-hydrogen) atoms. The summed E-state index contributed by atoms with van der Waals surface area (Å²) >= 11 is 0. The Kier molecular flexibility index (Phi) is 7.02. The summed E-state index contributed by atoms with van der Waals surface area (Å²) in [6, 6.07) is 15.2. The highest BCUT2D eigenvalue weighted by Gasteiger charge is 2.03. The van der Waals surface area contributed by atoms with Crippen molar-refractivity contribution in [3.05, 3.63) is 70.3 Å². The number of nitrogens with one attached hydrogen (secondary N) is 2. The smallest absolute Gasteiger partial charge is 0.191 e. The quantitative estimate of drug-likeness (QED) is 0.627. The van der Waals surface area contributed by atoms with Crippen LogP contribution in [0.15, 0.2) is 47.5 Å². The van der Waals surface area contributed by atoms with Crippen molar-refractivity contribution in [3.63, 3.8) is 0 Å². The maximum atomic E-state index is 4.32.